The monoisotopic (exact) mass is 427 g/mol. The van der Waals surface area contributed by atoms with Gasteiger partial charge in [-0.15, -0.1) is 11.8 Å². The van der Waals surface area contributed by atoms with Gasteiger partial charge in [0.25, 0.3) is 0 Å². The van der Waals surface area contributed by atoms with Gasteiger partial charge < -0.3 is 15.0 Å². The number of ether oxygens (including phenoxy) is 1. The van der Waals surface area contributed by atoms with Crippen LogP contribution in [0.3, 0.4) is 0 Å². The van der Waals surface area contributed by atoms with Crippen LogP contribution in [0.2, 0.25) is 0 Å². The zero-order valence-corrected chi connectivity index (χ0v) is 18.2. The zero-order chi connectivity index (χ0) is 21.2. The van der Waals surface area contributed by atoms with Crippen molar-refractivity contribution in [1.29, 1.82) is 0 Å². The van der Waals surface area contributed by atoms with Gasteiger partial charge in [0.2, 0.25) is 5.91 Å². The van der Waals surface area contributed by atoms with Crippen molar-refractivity contribution < 1.29 is 14.3 Å². The molecule has 0 saturated carbocycles. The molecule has 1 fully saturated rings. The van der Waals surface area contributed by atoms with Crippen LogP contribution in [0.1, 0.15) is 12.5 Å². The normalized spacial score (nSPS) is 14.4. The molecule has 1 aliphatic rings. The standard InChI is InChI=1S/C23H29N3O3S/c1-2-29-23(28)18-30-17-22(27)24-20-8-10-21(11-9-20)26-14-12-25(13-15-26)16-19-6-4-3-5-7-19/h3-11H,2,12-18H2,1H3,(H,24,27). The summed E-state index contributed by atoms with van der Waals surface area (Å²) in [5, 5.41) is 2.87. The Labute approximate surface area is 182 Å². The Balaban J connectivity index is 1.40. The number of hydrogen-bond donors (Lipinski definition) is 1. The summed E-state index contributed by atoms with van der Waals surface area (Å²) in [6.07, 6.45) is 0. The van der Waals surface area contributed by atoms with Crippen molar-refractivity contribution >= 4 is 35.0 Å². The number of piperazine rings is 1. The lowest BCUT2D eigenvalue weighted by Gasteiger charge is -2.36. The highest BCUT2D eigenvalue weighted by molar-refractivity contribution is 8.00. The van der Waals surface area contributed by atoms with Crippen molar-refractivity contribution in [1.82, 2.24) is 4.90 Å². The largest absolute Gasteiger partial charge is 0.465 e. The third kappa shape index (κ3) is 7.07. The number of benzene rings is 2. The summed E-state index contributed by atoms with van der Waals surface area (Å²) in [4.78, 5) is 28.2. The molecule has 0 aromatic heterocycles. The Hall–Kier alpha value is -2.51. The molecule has 160 valence electrons. The number of anilines is 2. The van der Waals surface area contributed by atoms with Crippen molar-refractivity contribution in [2.75, 3.05) is 54.5 Å². The van der Waals surface area contributed by atoms with Crippen LogP contribution in [0.25, 0.3) is 0 Å². The fraction of sp³-hybridized carbons (Fsp3) is 0.391. The first-order valence-electron chi connectivity index (χ1n) is 10.3. The number of amides is 1. The number of hydrogen-bond acceptors (Lipinski definition) is 6. The van der Waals surface area contributed by atoms with Crippen LogP contribution in [-0.2, 0) is 20.9 Å². The minimum absolute atomic E-state index is 0.119. The molecule has 3 rings (SSSR count). The summed E-state index contributed by atoms with van der Waals surface area (Å²) in [6, 6.07) is 18.5. The van der Waals surface area contributed by atoms with E-state index in [1.165, 1.54) is 23.0 Å². The SMILES string of the molecule is CCOC(=O)CSCC(=O)Nc1ccc(N2CCN(Cc3ccccc3)CC2)cc1. The second-order valence-electron chi connectivity index (χ2n) is 7.14. The molecular weight excluding hydrogens is 398 g/mol. The predicted octanol–water partition coefficient (Wildman–Crippen LogP) is 3.24. The summed E-state index contributed by atoms with van der Waals surface area (Å²) in [5.74, 6) is 0.00973. The second kappa shape index (κ2) is 11.6. The van der Waals surface area contributed by atoms with Crippen LogP contribution < -0.4 is 10.2 Å². The van der Waals surface area contributed by atoms with Crippen molar-refractivity contribution in [2.45, 2.75) is 13.5 Å². The number of rotatable bonds is 9. The predicted molar refractivity (Wildman–Crippen MR) is 123 cm³/mol. The van der Waals surface area contributed by atoms with Crippen LogP contribution in [0.4, 0.5) is 11.4 Å². The topological polar surface area (TPSA) is 61.9 Å². The molecule has 0 unspecified atom stereocenters. The molecule has 1 heterocycles. The zero-order valence-electron chi connectivity index (χ0n) is 17.4. The molecule has 6 nitrogen and oxygen atoms in total. The number of thioether (sulfide) groups is 1. The van der Waals surface area contributed by atoms with Gasteiger partial charge in [0, 0.05) is 44.1 Å². The summed E-state index contributed by atoms with van der Waals surface area (Å²) in [6.45, 7) is 7.17. The van der Waals surface area contributed by atoms with E-state index in [0.717, 1.165) is 38.4 Å². The van der Waals surface area contributed by atoms with Crippen molar-refractivity contribution in [2.24, 2.45) is 0 Å². The molecular formula is C23H29N3O3S. The van der Waals surface area contributed by atoms with E-state index in [0.29, 0.717) is 6.61 Å². The van der Waals surface area contributed by atoms with Gasteiger partial charge in [-0.05, 0) is 36.8 Å². The third-order valence-corrected chi connectivity index (χ3v) is 5.80. The van der Waals surface area contributed by atoms with Gasteiger partial charge in [0.05, 0.1) is 18.1 Å². The maximum absolute atomic E-state index is 12.0. The maximum Gasteiger partial charge on any atom is 0.315 e. The van der Waals surface area contributed by atoms with E-state index in [9.17, 15) is 9.59 Å². The summed E-state index contributed by atoms with van der Waals surface area (Å²) in [5.41, 5.74) is 3.29. The van der Waals surface area contributed by atoms with Gasteiger partial charge in [-0.3, -0.25) is 14.5 Å². The van der Waals surface area contributed by atoms with E-state index >= 15 is 0 Å². The van der Waals surface area contributed by atoms with Gasteiger partial charge in [0.15, 0.2) is 0 Å². The number of nitrogens with one attached hydrogen (secondary N) is 1. The second-order valence-corrected chi connectivity index (χ2v) is 8.13. The molecule has 0 spiro atoms. The first-order chi connectivity index (χ1) is 14.6. The minimum atomic E-state index is -0.288. The molecule has 0 radical (unpaired) electrons. The molecule has 2 aromatic carbocycles. The smallest absolute Gasteiger partial charge is 0.315 e. The lowest BCUT2D eigenvalue weighted by atomic mass is 10.2. The van der Waals surface area contributed by atoms with Crippen LogP contribution in [0, 0.1) is 0 Å². The Bertz CT molecular complexity index is 806. The lowest BCUT2D eigenvalue weighted by molar-refractivity contribution is -0.139. The van der Waals surface area contributed by atoms with E-state index in [2.05, 4.69) is 45.4 Å². The van der Waals surface area contributed by atoms with Gasteiger partial charge in [-0.1, -0.05) is 30.3 Å². The van der Waals surface area contributed by atoms with Crippen LogP contribution in [0.15, 0.2) is 54.6 Å². The Morgan fingerprint density at radius 3 is 2.33 bits per heavy atom. The molecule has 30 heavy (non-hydrogen) atoms. The third-order valence-electron chi connectivity index (χ3n) is 4.90. The maximum atomic E-state index is 12.0. The van der Waals surface area contributed by atoms with Crippen LogP contribution in [0.5, 0.6) is 0 Å². The quantitative estimate of drug-likeness (QED) is 0.620. The number of carbonyl (C=O) groups is 2. The highest BCUT2D eigenvalue weighted by atomic mass is 32.2. The van der Waals surface area contributed by atoms with Crippen molar-refractivity contribution in [3.05, 3.63) is 60.2 Å². The molecule has 1 amide bonds. The fourth-order valence-corrected chi connectivity index (χ4v) is 4.00. The molecule has 2 aromatic rings. The Kier molecular flexibility index (Phi) is 8.59. The average molecular weight is 428 g/mol. The van der Waals surface area contributed by atoms with E-state index in [4.69, 9.17) is 4.74 Å². The average Bonchev–Trinajstić information content (AvgIpc) is 2.76. The molecule has 1 saturated heterocycles. The van der Waals surface area contributed by atoms with E-state index in [1.54, 1.807) is 6.92 Å². The number of carbonyl (C=O) groups excluding carboxylic acids is 2. The van der Waals surface area contributed by atoms with Gasteiger partial charge in [-0.2, -0.15) is 0 Å². The van der Waals surface area contributed by atoms with E-state index < -0.39 is 0 Å². The van der Waals surface area contributed by atoms with E-state index in [-0.39, 0.29) is 23.4 Å². The molecule has 1 N–H and O–H groups in total. The lowest BCUT2D eigenvalue weighted by Crippen LogP contribution is -2.45. The fourth-order valence-electron chi connectivity index (χ4n) is 3.39. The first kappa shape index (κ1) is 22.2. The van der Waals surface area contributed by atoms with Gasteiger partial charge in [-0.25, -0.2) is 0 Å². The van der Waals surface area contributed by atoms with Crippen molar-refractivity contribution in [3.63, 3.8) is 0 Å². The van der Waals surface area contributed by atoms with Crippen molar-refractivity contribution in [3.8, 4) is 0 Å². The Morgan fingerprint density at radius 1 is 0.967 bits per heavy atom. The number of nitrogens with zero attached hydrogens (tertiary/aromatic N) is 2. The molecule has 0 atom stereocenters. The molecule has 0 bridgehead atoms. The summed E-state index contributed by atoms with van der Waals surface area (Å²) < 4.78 is 4.85. The van der Waals surface area contributed by atoms with Gasteiger partial charge >= 0.3 is 5.97 Å². The summed E-state index contributed by atoms with van der Waals surface area (Å²) in [7, 11) is 0. The van der Waals surface area contributed by atoms with Gasteiger partial charge in [0.1, 0.15) is 0 Å². The molecule has 7 heteroatoms. The summed E-state index contributed by atoms with van der Waals surface area (Å²) >= 11 is 1.26. The van der Waals surface area contributed by atoms with Crippen LogP contribution >= 0.6 is 11.8 Å². The number of esters is 1. The minimum Gasteiger partial charge on any atom is -0.465 e. The van der Waals surface area contributed by atoms with E-state index in [1.807, 2.05) is 24.3 Å². The molecule has 1 aliphatic heterocycles. The molecule has 0 aliphatic carbocycles. The highest BCUT2D eigenvalue weighted by Crippen LogP contribution is 2.20. The van der Waals surface area contributed by atoms with Crippen LogP contribution in [-0.4, -0.2) is 61.1 Å². The first-order valence-corrected chi connectivity index (χ1v) is 11.4. The Morgan fingerprint density at radius 2 is 1.67 bits per heavy atom. The highest BCUT2D eigenvalue weighted by Gasteiger charge is 2.17.